The Morgan fingerprint density at radius 1 is 1.23 bits per heavy atom. The minimum atomic E-state index is -0.419. The van der Waals surface area contributed by atoms with Crippen LogP contribution in [0.1, 0.15) is 40.2 Å². The highest BCUT2D eigenvalue weighted by atomic mass is 16.5. The molecule has 4 heteroatoms. The van der Waals surface area contributed by atoms with Gasteiger partial charge in [-0.25, -0.2) is 4.79 Å². The van der Waals surface area contributed by atoms with Crippen LogP contribution in [0.25, 0.3) is 0 Å². The average Bonchev–Trinajstić information content (AvgIpc) is 3.38. The highest BCUT2D eigenvalue weighted by Gasteiger charge is 2.27. The van der Waals surface area contributed by atoms with Gasteiger partial charge in [0.15, 0.2) is 5.75 Å². The fraction of sp³-hybridized carbons (Fsp3) is 0.278. The standard InChI is InChI=1S/C18H19NO3/c1-21-18(20)15-9-14(13-7-8-13)10-16(19)17(15)22-11-12-5-3-2-4-6-12/h2-6,9-10,13H,7-8,11,19H2,1H3. The van der Waals surface area contributed by atoms with Crippen LogP contribution in [-0.2, 0) is 11.3 Å². The lowest BCUT2D eigenvalue weighted by Crippen LogP contribution is -2.09. The quantitative estimate of drug-likeness (QED) is 0.677. The van der Waals surface area contributed by atoms with Crippen LogP contribution < -0.4 is 10.5 Å². The molecule has 4 nitrogen and oxygen atoms in total. The van der Waals surface area contributed by atoms with E-state index in [1.54, 1.807) is 0 Å². The van der Waals surface area contributed by atoms with Gasteiger partial charge in [-0.15, -0.1) is 0 Å². The Hall–Kier alpha value is -2.49. The molecule has 0 heterocycles. The smallest absolute Gasteiger partial charge is 0.341 e. The SMILES string of the molecule is COC(=O)c1cc(C2CC2)cc(N)c1OCc1ccccc1. The van der Waals surface area contributed by atoms with Crippen molar-refractivity contribution < 1.29 is 14.3 Å². The minimum absolute atomic E-state index is 0.359. The fourth-order valence-electron chi connectivity index (χ4n) is 2.48. The molecule has 1 aliphatic carbocycles. The molecule has 0 saturated heterocycles. The number of methoxy groups -OCH3 is 1. The van der Waals surface area contributed by atoms with Gasteiger partial charge in [0.2, 0.25) is 0 Å². The minimum Gasteiger partial charge on any atom is -0.486 e. The van der Waals surface area contributed by atoms with Gasteiger partial charge in [0.25, 0.3) is 0 Å². The highest BCUT2D eigenvalue weighted by Crippen LogP contribution is 2.43. The average molecular weight is 297 g/mol. The van der Waals surface area contributed by atoms with E-state index in [0.717, 1.165) is 24.0 Å². The van der Waals surface area contributed by atoms with E-state index in [9.17, 15) is 4.79 Å². The second-order valence-electron chi connectivity index (χ2n) is 5.53. The Kier molecular flexibility index (Phi) is 4.00. The Morgan fingerprint density at radius 2 is 1.95 bits per heavy atom. The van der Waals surface area contributed by atoms with Crippen LogP contribution >= 0.6 is 0 Å². The fourth-order valence-corrected chi connectivity index (χ4v) is 2.48. The molecule has 0 amide bonds. The number of hydrogen-bond acceptors (Lipinski definition) is 4. The molecule has 3 rings (SSSR count). The van der Waals surface area contributed by atoms with Crippen molar-refractivity contribution in [2.45, 2.75) is 25.4 Å². The molecule has 1 saturated carbocycles. The summed E-state index contributed by atoms with van der Waals surface area (Å²) in [4.78, 5) is 12.0. The first-order chi connectivity index (χ1) is 10.7. The van der Waals surface area contributed by atoms with E-state index in [4.69, 9.17) is 15.2 Å². The summed E-state index contributed by atoms with van der Waals surface area (Å²) in [5, 5.41) is 0. The van der Waals surface area contributed by atoms with Gasteiger partial charge in [0.05, 0.1) is 12.8 Å². The van der Waals surface area contributed by atoms with Crippen molar-refractivity contribution in [3.63, 3.8) is 0 Å². The van der Waals surface area contributed by atoms with Crippen molar-refractivity contribution in [3.8, 4) is 5.75 Å². The van der Waals surface area contributed by atoms with E-state index in [-0.39, 0.29) is 0 Å². The molecule has 1 aliphatic rings. The van der Waals surface area contributed by atoms with E-state index in [1.807, 2.05) is 42.5 Å². The summed E-state index contributed by atoms with van der Waals surface area (Å²) in [5.41, 5.74) is 9.11. The number of carbonyl (C=O) groups is 1. The predicted octanol–water partition coefficient (Wildman–Crippen LogP) is 3.51. The zero-order valence-corrected chi connectivity index (χ0v) is 12.5. The molecule has 0 aliphatic heterocycles. The van der Waals surface area contributed by atoms with Crippen molar-refractivity contribution in [1.82, 2.24) is 0 Å². The molecule has 2 aromatic carbocycles. The number of hydrogen-bond donors (Lipinski definition) is 1. The van der Waals surface area contributed by atoms with Gasteiger partial charge in [0.1, 0.15) is 12.2 Å². The number of anilines is 1. The number of nitrogen functional groups attached to an aromatic ring is 1. The number of carbonyl (C=O) groups excluding carboxylic acids is 1. The number of ether oxygens (including phenoxy) is 2. The summed E-state index contributed by atoms with van der Waals surface area (Å²) in [6.07, 6.45) is 2.29. The molecule has 0 unspecified atom stereocenters. The van der Waals surface area contributed by atoms with Crippen molar-refractivity contribution in [1.29, 1.82) is 0 Å². The maximum absolute atomic E-state index is 12.0. The molecule has 2 aromatic rings. The molecule has 0 bridgehead atoms. The normalized spacial score (nSPS) is 13.7. The second kappa shape index (κ2) is 6.10. The van der Waals surface area contributed by atoms with Crippen LogP contribution in [0.2, 0.25) is 0 Å². The van der Waals surface area contributed by atoms with Crippen LogP contribution in [0.5, 0.6) is 5.75 Å². The molecule has 22 heavy (non-hydrogen) atoms. The monoisotopic (exact) mass is 297 g/mol. The Morgan fingerprint density at radius 3 is 2.59 bits per heavy atom. The van der Waals surface area contributed by atoms with Crippen molar-refractivity contribution in [3.05, 3.63) is 59.2 Å². The van der Waals surface area contributed by atoms with Gasteiger partial charge in [0, 0.05) is 0 Å². The third kappa shape index (κ3) is 3.06. The number of nitrogens with two attached hydrogens (primary N) is 1. The molecule has 0 atom stereocenters. The lowest BCUT2D eigenvalue weighted by atomic mass is 10.0. The maximum atomic E-state index is 12.0. The van der Waals surface area contributed by atoms with Crippen LogP contribution in [0, 0.1) is 0 Å². The van der Waals surface area contributed by atoms with Gasteiger partial charge in [-0.05, 0) is 42.0 Å². The summed E-state index contributed by atoms with van der Waals surface area (Å²) >= 11 is 0. The molecule has 0 aromatic heterocycles. The van der Waals surface area contributed by atoms with Crippen LogP contribution in [0.4, 0.5) is 5.69 Å². The summed E-state index contributed by atoms with van der Waals surface area (Å²) in [7, 11) is 1.36. The topological polar surface area (TPSA) is 61.5 Å². The summed E-state index contributed by atoms with van der Waals surface area (Å²) in [6, 6.07) is 13.5. The molecule has 0 spiro atoms. The summed E-state index contributed by atoms with van der Waals surface area (Å²) < 4.78 is 10.7. The molecule has 1 fully saturated rings. The molecule has 2 N–H and O–H groups in total. The number of esters is 1. The van der Waals surface area contributed by atoms with Crippen molar-refractivity contribution in [2.75, 3.05) is 12.8 Å². The van der Waals surface area contributed by atoms with Crippen LogP contribution in [0.15, 0.2) is 42.5 Å². The van der Waals surface area contributed by atoms with Gasteiger partial charge < -0.3 is 15.2 Å². The maximum Gasteiger partial charge on any atom is 0.341 e. The zero-order chi connectivity index (χ0) is 15.5. The summed E-state index contributed by atoms with van der Waals surface area (Å²) in [5.74, 6) is 0.492. The zero-order valence-electron chi connectivity index (χ0n) is 12.5. The van der Waals surface area contributed by atoms with E-state index in [0.29, 0.717) is 29.5 Å². The third-order valence-electron chi connectivity index (χ3n) is 3.82. The number of benzene rings is 2. The lowest BCUT2D eigenvalue weighted by molar-refractivity contribution is 0.0595. The van der Waals surface area contributed by atoms with Gasteiger partial charge in [-0.2, -0.15) is 0 Å². The van der Waals surface area contributed by atoms with E-state index < -0.39 is 5.97 Å². The first-order valence-electron chi connectivity index (χ1n) is 7.37. The van der Waals surface area contributed by atoms with Gasteiger partial charge in [-0.3, -0.25) is 0 Å². The molecular weight excluding hydrogens is 278 g/mol. The second-order valence-corrected chi connectivity index (χ2v) is 5.53. The number of rotatable bonds is 5. The molecular formula is C18H19NO3. The molecule has 114 valence electrons. The van der Waals surface area contributed by atoms with Crippen LogP contribution in [0.3, 0.4) is 0 Å². The lowest BCUT2D eigenvalue weighted by Gasteiger charge is -2.14. The molecule has 0 radical (unpaired) electrons. The first-order valence-corrected chi connectivity index (χ1v) is 7.37. The Labute approximate surface area is 129 Å². The summed E-state index contributed by atoms with van der Waals surface area (Å²) in [6.45, 7) is 0.359. The largest absolute Gasteiger partial charge is 0.486 e. The van der Waals surface area contributed by atoms with E-state index in [2.05, 4.69) is 0 Å². The van der Waals surface area contributed by atoms with E-state index in [1.165, 1.54) is 7.11 Å². The van der Waals surface area contributed by atoms with Gasteiger partial charge in [-0.1, -0.05) is 30.3 Å². The van der Waals surface area contributed by atoms with Gasteiger partial charge >= 0.3 is 5.97 Å². The van der Waals surface area contributed by atoms with Crippen molar-refractivity contribution in [2.24, 2.45) is 0 Å². The Balaban J connectivity index is 1.89. The Bertz CT molecular complexity index is 678. The predicted molar refractivity (Wildman–Crippen MR) is 84.9 cm³/mol. The van der Waals surface area contributed by atoms with E-state index >= 15 is 0 Å². The highest BCUT2D eigenvalue weighted by molar-refractivity contribution is 5.95. The third-order valence-corrected chi connectivity index (χ3v) is 3.82. The first kappa shape index (κ1) is 14.4. The van der Waals surface area contributed by atoms with Crippen molar-refractivity contribution >= 4 is 11.7 Å². The van der Waals surface area contributed by atoms with Crippen LogP contribution in [-0.4, -0.2) is 13.1 Å².